The fraction of sp³-hybridized carbons (Fsp3) is 0.400. The van der Waals surface area contributed by atoms with Gasteiger partial charge in [-0.15, -0.1) is 0 Å². The summed E-state index contributed by atoms with van der Waals surface area (Å²) >= 11 is 0. The molecular weight excluding hydrogens is 562 g/mol. The Hall–Kier alpha value is -4.03. The van der Waals surface area contributed by atoms with Crippen molar-refractivity contribution >= 4 is 27.5 Å². The molecule has 12 heteroatoms. The Balaban J connectivity index is 1.47. The van der Waals surface area contributed by atoms with Crippen LogP contribution in [0.1, 0.15) is 45.1 Å². The number of hydrogen-bond acceptors (Lipinski definition) is 10. The lowest BCUT2D eigenvalue weighted by atomic mass is 9.79. The number of nitro benzene ring substituents is 1. The van der Waals surface area contributed by atoms with E-state index in [1.54, 1.807) is 57.2 Å². The van der Waals surface area contributed by atoms with Crippen molar-refractivity contribution in [1.82, 2.24) is 10.2 Å². The Bertz CT molecular complexity index is 1510. The molecule has 0 amide bonds. The Morgan fingerprint density at radius 3 is 2.12 bits per heavy atom. The summed E-state index contributed by atoms with van der Waals surface area (Å²) in [6, 6.07) is 14.4. The second kappa shape index (κ2) is 13.3. The summed E-state index contributed by atoms with van der Waals surface area (Å²) in [4.78, 5) is 40.3. The van der Waals surface area contributed by atoms with E-state index in [1.807, 2.05) is 4.90 Å². The lowest BCUT2D eigenvalue weighted by Crippen LogP contribution is -2.41. The molecule has 4 rings (SSSR count). The fourth-order valence-electron chi connectivity index (χ4n) is 5.54. The van der Waals surface area contributed by atoms with E-state index in [0.717, 1.165) is 0 Å². The van der Waals surface area contributed by atoms with Crippen LogP contribution < -0.4 is 5.32 Å². The minimum Gasteiger partial charge on any atom is -0.463 e. The molecule has 0 aliphatic carbocycles. The van der Waals surface area contributed by atoms with Gasteiger partial charge in [0.15, 0.2) is 9.84 Å². The maximum absolute atomic E-state index is 13.5. The molecule has 0 spiro atoms. The number of dihydropyridines is 1. The molecule has 0 bridgehead atoms. The summed E-state index contributed by atoms with van der Waals surface area (Å²) in [5.74, 6) is -2.46. The number of nitro groups is 1. The molecular formula is C30H35N3O8S. The average Bonchev–Trinajstić information content (AvgIpc) is 2.97. The van der Waals surface area contributed by atoms with Crippen LogP contribution in [0.4, 0.5) is 5.69 Å². The molecule has 1 unspecified atom stereocenters. The highest BCUT2D eigenvalue weighted by molar-refractivity contribution is 7.92. The Morgan fingerprint density at radius 2 is 1.52 bits per heavy atom. The number of rotatable bonds is 10. The van der Waals surface area contributed by atoms with E-state index >= 15 is 0 Å². The first-order valence-electron chi connectivity index (χ1n) is 13.8. The van der Waals surface area contributed by atoms with Crippen LogP contribution in [0.5, 0.6) is 0 Å². The van der Waals surface area contributed by atoms with Gasteiger partial charge in [0.1, 0.15) is 6.61 Å². The van der Waals surface area contributed by atoms with Crippen LogP contribution in [0.2, 0.25) is 0 Å². The standard InChI is InChI=1S/C30H35N3O8S/c1-4-40-29(34)26-20(2)31-21(3)27(28(26)24-12-8-9-13-25(24)33(36)37)30(35)41-19-18-32-16-14-23(15-17-32)42(38,39)22-10-6-5-7-11-22/h5-13,23,28,31H,4,14-19H2,1-3H3. The van der Waals surface area contributed by atoms with Crippen molar-refractivity contribution in [2.75, 3.05) is 32.8 Å². The molecule has 2 heterocycles. The number of nitrogens with one attached hydrogen (secondary N) is 1. The maximum atomic E-state index is 13.5. The number of nitrogens with zero attached hydrogens (tertiary/aromatic N) is 2. The van der Waals surface area contributed by atoms with E-state index in [9.17, 15) is 28.1 Å². The zero-order chi connectivity index (χ0) is 30.4. The Labute approximate surface area is 245 Å². The smallest absolute Gasteiger partial charge is 0.336 e. The van der Waals surface area contributed by atoms with Gasteiger partial charge in [0.25, 0.3) is 5.69 Å². The van der Waals surface area contributed by atoms with Crippen molar-refractivity contribution in [3.63, 3.8) is 0 Å². The first-order valence-corrected chi connectivity index (χ1v) is 15.4. The highest BCUT2D eigenvalue weighted by Crippen LogP contribution is 2.42. The van der Waals surface area contributed by atoms with E-state index in [2.05, 4.69) is 5.32 Å². The van der Waals surface area contributed by atoms with Crippen LogP contribution >= 0.6 is 0 Å². The maximum Gasteiger partial charge on any atom is 0.336 e. The zero-order valence-corrected chi connectivity index (χ0v) is 24.7. The molecule has 2 aromatic rings. The van der Waals surface area contributed by atoms with E-state index < -0.39 is 37.9 Å². The quantitative estimate of drug-likeness (QED) is 0.243. The molecule has 2 aliphatic heterocycles. The van der Waals surface area contributed by atoms with Gasteiger partial charge in [-0.05, 0) is 58.8 Å². The molecule has 1 atom stereocenters. The van der Waals surface area contributed by atoms with Gasteiger partial charge in [-0.25, -0.2) is 18.0 Å². The van der Waals surface area contributed by atoms with Crippen LogP contribution in [-0.4, -0.2) is 68.3 Å². The third kappa shape index (κ3) is 6.55. The number of esters is 2. The van der Waals surface area contributed by atoms with Crippen LogP contribution in [-0.2, 0) is 28.9 Å². The molecule has 11 nitrogen and oxygen atoms in total. The normalized spacial score (nSPS) is 18.4. The number of piperidine rings is 1. The summed E-state index contributed by atoms with van der Waals surface area (Å²) in [6.07, 6.45) is 0.929. The highest BCUT2D eigenvalue weighted by atomic mass is 32.2. The highest BCUT2D eigenvalue weighted by Gasteiger charge is 2.41. The molecule has 42 heavy (non-hydrogen) atoms. The predicted octanol–water partition coefficient (Wildman–Crippen LogP) is 3.87. The van der Waals surface area contributed by atoms with Gasteiger partial charge in [-0.1, -0.05) is 36.4 Å². The van der Waals surface area contributed by atoms with Gasteiger partial charge in [0.2, 0.25) is 0 Å². The number of carbonyl (C=O) groups excluding carboxylic acids is 2. The van der Waals surface area contributed by atoms with Gasteiger partial charge >= 0.3 is 11.9 Å². The third-order valence-electron chi connectivity index (χ3n) is 7.61. The molecule has 0 saturated carbocycles. The Kier molecular flexibility index (Phi) is 9.79. The monoisotopic (exact) mass is 597 g/mol. The first-order chi connectivity index (χ1) is 20.1. The number of allylic oxidation sites excluding steroid dienone is 2. The average molecular weight is 598 g/mol. The molecule has 2 aliphatic rings. The van der Waals surface area contributed by atoms with Crippen LogP contribution in [0.3, 0.4) is 0 Å². The minimum absolute atomic E-state index is 0.0206. The Morgan fingerprint density at radius 1 is 0.952 bits per heavy atom. The topological polar surface area (TPSA) is 145 Å². The summed E-state index contributed by atoms with van der Waals surface area (Å²) < 4.78 is 36.9. The number of likely N-dealkylation sites (tertiary alicyclic amines) is 1. The molecule has 1 saturated heterocycles. The van der Waals surface area contributed by atoms with Gasteiger partial charge < -0.3 is 14.8 Å². The van der Waals surface area contributed by atoms with Crippen molar-refractivity contribution in [1.29, 1.82) is 0 Å². The summed E-state index contributed by atoms with van der Waals surface area (Å²) in [5, 5.41) is 14.5. The van der Waals surface area contributed by atoms with E-state index in [4.69, 9.17) is 9.47 Å². The van der Waals surface area contributed by atoms with Crippen molar-refractivity contribution in [3.8, 4) is 0 Å². The second-order valence-corrected chi connectivity index (χ2v) is 12.4. The van der Waals surface area contributed by atoms with Crippen LogP contribution in [0.25, 0.3) is 0 Å². The largest absolute Gasteiger partial charge is 0.463 e. The molecule has 1 N–H and O–H groups in total. The van der Waals surface area contributed by atoms with E-state index in [-0.39, 0.29) is 35.6 Å². The van der Waals surface area contributed by atoms with Crippen molar-refractivity contribution < 1.29 is 32.4 Å². The zero-order valence-electron chi connectivity index (χ0n) is 23.9. The lowest BCUT2D eigenvalue weighted by molar-refractivity contribution is -0.385. The number of para-hydroxylation sites is 1. The van der Waals surface area contributed by atoms with Crippen molar-refractivity contribution in [2.45, 2.75) is 49.7 Å². The first kappa shape index (κ1) is 30.9. The number of ether oxygens (including phenoxy) is 2. The van der Waals surface area contributed by atoms with Crippen molar-refractivity contribution in [2.24, 2.45) is 0 Å². The fourth-order valence-corrected chi connectivity index (χ4v) is 7.30. The predicted molar refractivity (Wildman–Crippen MR) is 155 cm³/mol. The van der Waals surface area contributed by atoms with Crippen LogP contribution in [0.15, 0.2) is 82.0 Å². The summed E-state index contributed by atoms with van der Waals surface area (Å²) in [5.41, 5.74) is 0.987. The number of benzene rings is 2. The number of hydrogen-bond donors (Lipinski definition) is 1. The SMILES string of the molecule is CCOC(=O)C1=C(C)NC(C)=C(C(=O)OCCN2CCC(S(=O)(=O)c3ccccc3)CC2)C1c1ccccc1[N+](=O)[O-]. The minimum atomic E-state index is -3.42. The number of carbonyl (C=O) groups is 2. The third-order valence-corrected chi connectivity index (χ3v) is 9.88. The van der Waals surface area contributed by atoms with Gasteiger partial charge in [-0.3, -0.25) is 15.0 Å². The molecule has 1 fully saturated rings. The lowest BCUT2D eigenvalue weighted by Gasteiger charge is -2.32. The van der Waals surface area contributed by atoms with Gasteiger partial charge in [0.05, 0.1) is 38.7 Å². The van der Waals surface area contributed by atoms with Crippen LogP contribution in [0, 0.1) is 10.1 Å². The molecule has 224 valence electrons. The molecule has 0 aromatic heterocycles. The van der Waals surface area contributed by atoms with E-state index in [0.29, 0.717) is 48.8 Å². The molecule has 2 aromatic carbocycles. The van der Waals surface area contributed by atoms with Gasteiger partial charge in [0, 0.05) is 29.6 Å². The van der Waals surface area contributed by atoms with Gasteiger partial charge in [-0.2, -0.15) is 0 Å². The van der Waals surface area contributed by atoms with Crippen molar-refractivity contribution in [3.05, 3.63) is 92.8 Å². The summed E-state index contributed by atoms with van der Waals surface area (Å²) in [7, 11) is -3.42. The second-order valence-electron chi connectivity index (χ2n) is 10.2. The summed E-state index contributed by atoms with van der Waals surface area (Å²) in [6.45, 7) is 6.52. The molecule has 0 radical (unpaired) electrons. The number of sulfone groups is 1. The van der Waals surface area contributed by atoms with E-state index in [1.165, 1.54) is 18.2 Å².